The van der Waals surface area contributed by atoms with Crippen LogP contribution in [-0.4, -0.2) is 39.6 Å². The topological polar surface area (TPSA) is 55.8 Å². The van der Waals surface area contributed by atoms with Crippen LogP contribution in [0.25, 0.3) is 0 Å². The van der Waals surface area contributed by atoms with Crippen LogP contribution in [0.2, 0.25) is 0 Å². The zero-order chi connectivity index (χ0) is 16.3. The maximum atomic E-state index is 12.8. The molecule has 0 saturated heterocycles. The molecule has 0 saturated carbocycles. The number of nitrogens with zero attached hydrogens (tertiary/aromatic N) is 1. The number of hydrogen-bond donors (Lipinski definition) is 0. The number of rotatable bonds is 6. The van der Waals surface area contributed by atoms with E-state index >= 15 is 0 Å². The van der Waals surface area contributed by atoms with Crippen molar-refractivity contribution in [1.29, 1.82) is 0 Å². The summed E-state index contributed by atoms with van der Waals surface area (Å²) >= 11 is 1.70. The first kappa shape index (κ1) is 16.4. The molecule has 23 heavy (non-hydrogen) atoms. The van der Waals surface area contributed by atoms with Crippen LogP contribution >= 0.6 is 11.3 Å². The second-order valence-electron chi connectivity index (χ2n) is 5.27. The summed E-state index contributed by atoms with van der Waals surface area (Å²) in [6.07, 6.45) is 0.782. The molecule has 0 radical (unpaired) electrons. The average Bonchev–Trinajstić information content (AvgIpc) is 3.03. The first-order valence-corrected chi connectivity index (χ1v) is 9.70. The van der Waals surface area contributed by atoms with Gasteiger partial charge in [-0.3, -0.25) is 0 Å². The van der Waals surface area contributed by atoms with E-state index < -0.39 is 10.0 Å². The standard InChI is InChI=1S/C16H19NO4S2/c1-20-9-10-21-14-2-4-15(5-3-14)23(18,19)17-8-6-16-13(12-17)7-11-22-16/h2-5,7,11H,6,8-10,12H2,1H3. The molecule has 0 N–H and O–H groups in total. The first-order valence-electron chi connectivity index (χ1n) is 7.38. The molecular weight excluding hydrogens is 334 g/mol. The van der Waals surface area contributed by atoms with E-state index in [9.17, 15) is 8.42 Å². The fourth-order valence-electron chi connectivity index (χ4n) is 2.53. The minimum Gasteiger partial charge on any atom is -0.491 e. The Morgan fingerprint density at radius 3 is 2.70 bits per heavy atom. The number of hydrogen-bond acceptors (Lipinski definition) is 5. The molecule has 1 aromatic carbocycles. The molecule has 3 rings (SSSR count). The molecule has 0 atom stereocenters. The fourth-order valence-corrected chi connectivity index (χ4v) is 4.84. The lowest BCUT2D eigenvalue weighted by atomic mass is 10.1. The predicted molar refractivity (Wildman–Crippen MR) is 89.4 cm³/mol. The zero-order valence-corrected chi connectivity index (χ0v) is 14.5. The van der Waals surface area contributed by atoms with E-state index in [0.717, 1.165) is 12.0 Å². The fraction of sp³-hybridized carbons (Fsp3) is 0.375. The van der Waals surface area contributed by atoms with Crippen molar-refractivity contribution in [2.75, 3.05) is 26.9 Å². The lowest BCUT2D eigenvalue weighted by Gasteiger charge is -2.26. The number of methoxy groups -OCH3 is 1. The van der Waals surface area contributed by atoms with E-state index in [2.05, 4.69) is 0 Å². The van der Waals surface area contributed by atoms with Crippen LogP contribution in [0.1, 0.15) is 10.4 Å². The van der Waals surface area contributed by atoms with Crippen molar-refractivity contribution in [3.63, 3.8) is 0 Å². The molecule has 0 unspecified atom stereocenters. The van der Waals surface area contributed by atoms with Gasteiger partial charge >= 0.3 is 0 Å². The Bertz CT molecular complexity index is 753. The lowest BCUT2D eigenvalue weighted by molar-refractivity contribution is 0.146. The normalized spacial score (nSPS) is 15.3. The summed E-state index contributed by atoms with van der Waals surface area (Å²) in [5.41, 5.74) is 1.12. The third-order valence-corrected chi connectivity index (χ3v) is 6.67. The molecule has 0 aliphatic carbocycles. The number of ether oxygens (including phenoxy) is 2. The smallest absolute Gasteiger partial charge is 0.243 e. The van der Waals surface area contributed by atoms with Gasteiger partial charge in [-0.1, -0.05) is 0 Å². The van der Waals surface area contributed by atoms with Crippen LogP contribution < -0.4 is 4.74 Å². The van der Waals surface area contributed by atoms with E-state index in [1.165, 1.54) is 4.88 Å². The largest absolute Gasteiger partial charge is 0.491 e. The molecule has 7 heteroatoms. The van der Waals surface area contributed by atoms with Gasteiger partial charge in [0.25, 0.3) is 0 Å². The van der Waals surface area contributed by atoms with Gasteiger partial charge in [0.1, 0.15) is 12.4 Å². The van der Waals surface area contributed by atoms with Crippen molar-refractivity contribution in [2.45, 2.75) is 17.9 Å². The minimum absolute atomic E-state index is 0.301. The van der Waals surface area contributed by atoms with Crippen molar-refractivity contribution in [1.82, 2.24) is 4.31 Å². The van der Waals surface area contributed by atoms with E-state index in [1.807, 2.05) is 11.4 Å². The van der Waals surface area contributed by atoms with Crippen LogP contribution in [-0.2, 0) is 27.7 Å². The average molecular weight is 353 g/mol. The Kier molecular flexibility index (Phi) is 5.01. The van der Waals surface area contributed by atoms with Crippen molar-refractivity contribution in [3.8, 4) is 5.75 Å². The summed E-state index contributed by atoms with van der Waals surface area (Å²) in [6, 6.07) is 8.57. The number of thiophene rings is 1. The Balaban J connectivity index is 1.72. The highest BCUT2D eigenvalue weighted by molar-refractivity contribution is 7.89. The summed E-state index contributed by atoms with van der Waals surface area (Å²) in [4.78, 5) is 1.59. The minimum atomic E-state index is -3.47. The Morgan fingerprint density at radius 1 is 1.17 bits per heavy atom. The highest BCUT2D eigenvalue weighted by Gasteiger charge is 2.28. The molecule has 0 amide bonds. The van der Waals surface area contributed by atoms with Crippen LogP contribution in [0, 0.1) is 0 Å². The van der Waals surface area contributed by atoms with E-state index in [0.29, 0.717) is 36.9 Å². The van der Waals surface area contributed by atoms with Crippen molar-refractivity contribution < 1.29 is 17.9 Å². The molecular formula is C16H19NO4S2. The number of sulfonamides is 1. The van der Waals surface area contributed by atoms with Gasteiger partial charge in [-0.2, -0.15) is 4.31 Å². The molecule has 5 nitrogen and oxygen atoms in total. The van der Waals surface area contributed by atoms with Crippen LogP contribution in [0.4, 0.5) is 0 Å². The van der Waals surface area contributed by atoms with Crippen molar-refractivity contribution in [3.05, 3.63) is 46.2 Å². The van der Waals surface area contributed by atoms with E-state index in [1.54, 1.807) is 47.0 Å². The van der Waals surface area contributed by atoms with Gasteiger partial charge in [0.05, 0.1) is 11.5 Å². The predicted octanol–water partition coefficient (Wildman–Crippen LogP) is 2.52. The quantitative estimate of drug-likeness (QED) is 0.749. The monoisotopic (exact) mass is 353 g/mol. The maximum absolute atomic E-state index is 12.8. The summed E-state index contributed by atoms with van der Waals surface area (Å²) in [6.45, 7) is 1.92. The van der Waals surface area contributed by atoms with Crippen molar-refractivity contribution in [2.24, 2.45) is 0 Å². The first-order chi connectivity index (χ1) is 11.1. The summed E-state index contributed by atoms with van der Waals surface area (Å²) in [7, 11) is -1.86. The van der Waals surface area contributed by atoms with E-state index in [4.69, 9.17) is 9.47 Å². The molecule has 1 aliphatic rings. The summed E-state index contributed by atoms with van der Waals surface area (Å²) in [5, 5.41) is 2.02. The summed E-state index contributed by atoms with van der Waals surface area (Å²) < 4.78 is 37.4. The van der Waals surface area contributed by atoms with Gasteiger partial charge in [0, 0.05) is 25.1 Å². The Labute approximate surface area is 140 Å². The van der Waals surface area contributed by atoms with Gasteiger partial charge < -0.3 is 9.47 Å². The van der Waals surface area contributed by atoms with Crippen molar-refractivity contribution >= 4 is 21.4 Å². The highest BCUT2D eigenvalue weighted by Crippen LogP contribution is 2.28. The van der Waals surface area contributed by atoms with Crippen LogP contribution in [0.3, 0.4) is 0 Å². The molecule has 1 aliphatic heterocycles. The second kappa shape index (κ2) is 7.00. The highest BCUT2D eigenvalue weighted by atomic mass is 32.2. The SMILES string of the molecule is COCCOc1ccc(S(=O)(=O)N2CCc3sccc3C2)cc1. The van der Waals surface area contributed by atoms with E-state index in [-0.39, 0.29) is 0 Å². The molecule has 1 aromatic heterocycles. The Morgan fingerprint density at radius 2 is 1.96 bits per heavy atom. The lowest BCUT2D eigenvalue weighted by Crippen LogP contribution is -2.35. The molecule has 0 bridgehead atoms. The molecule has 2 aromatic rings. The maximum Gasteiger partial charge on any atom is 0.243 e. The Hall–Kier alpha value is -1.41. The molecule has 0 fully saturated rings. The number of fused-ring (bicyclic) bond motifs is 1. The van der Waals surface area contributed by atoms with Crippen LogP contribution in [0.15, 0.2) is 40.6 Å². The van der Waals surface area contributed by atoms with Gasteiger partial charge in [-0.15, -0.1) is 11.3 Å². The number of benzene rings is 1. The molecule has 124 valence electrons. The zero-order valence-electron chi connectivity index (χ0n) is 12.9. The second-order valence-corrected chi connectivity index (χ2v) is 8.21. The third kappa shape index (κ3) is 3.58. The molecule has 0 spiro atoms. The summed E-state index contributed by atoms with van der Waals surface area (Å²) in [5.74, 6) is 0.639. The van der Waals surface area contributed by atoms with Crippen LogP contribution in [0.5, 0.6) is 5.75 Å². The van der Waals surface area contributed by atoms with Gasteiger partial charge in [0.2, 0.25) is 10.0 Å². The van der Waals surface area contributed by atoms with Gasteiger partial charge in [-0.25, -0.2) is 8.42 Å². The third-order valence-electron chi connectivity index (χ3n) is 3.79. The molecule has 2 heterocycles. The van der Waals surface area contributed by atoms with Gasteiger partial charge in [0.15, 0.2) is 0 Å². The van der Waals surface area contributed by atoms with Gasteiger partial charge in [-0.05, 0) is 47.7 Å².